The Bertz CT molecular complexity index is 399. The number of rotatable bonds is 5. The van der Waals surface area contributed by atoms with Crippen LogP contribution in [0.3, 0.4) is 0 Å². The minimum absolute atomic E-state index is 0.277. The predicted molar refractivity (Wildman–Crippen MR) is 76.7 cm³/mol. The topological polar surface area (TPSA) is 67.1 Å². The quantitative estimate of drug-likeness (QED) is 0.775. The molecule has 0 aromatic carbocycles. The van der Waals surface area contributed by atoms with Crippen LogP contribution in [0.15, 0.2) is 12.4 Å². The molecule has 6 heteroatoms. The number of nitrogens with two attached hydrogens (primary N) is 1. The lowest BCUT2D eigenvalue weighted by Crippen LogP contribution is -2.33. The van der Waals surface area contributed by atoms with Crippen LogP contribution in [0.5, 0.6) is 0 Å². The Morgan fingerprint density at radius 2 is 2.17 bits per heavy atom. The molecule has 98 valence electrons. The molecule has 1 atom stereocenters. The maximum Gasteiger partial charge on any atom is 0.144 e. The number of aromatic nitrogens is 2. The number of hydrogen-bond donors (Lipinski definition) is 2. The standard InChI is InChI=1S/C12H19N5S/c1-9(8-17-4-2-3-5-17)16-11-7-14-10(6-15-11)12(13)18/h6-7,9H,2-5,8H2,1H3,(H2,13,18)(H,15,16). The Balaban J connectivity index is 1.86. The van der Waals surface area contributed by atoms with Crippen LogP contribution in [-0.4, -0.2) is 45.5 Å². The van der Waals surface area contributed by atoms with Crippen LogP contribution < -0.4 is 11.1 Å². The third-order valence-electron chi connectivity index (χ3n) is 3.03. The molecule has 1 aromatic heterocycles. The number of nitrogens with zero attached hydrogens (tertiary/aromatic N) is 3. The van der Waals surface area contributed by atoms with Crippen LogP contribution in [0.25, 0.3) is 0 Å². The van der Waals surface area contributed by atoms with E-state index in [1.54, 1.807) is 12.4 Å². The van der Waals surface area contributed by atoms with Crippen molar-refractivity contribution in [3.05, 3.63) is 18.1 Å². The van der Waals surface area contributed by atoms with Crippen LogP contribution in [0, 0.1) is 0 Å². The summed E-state index contributed by atoms with van der Waals surface area (Å²) in [4.78, 5) is 11.2. The summed E-state index contributed by atoms with van der Waals surface area (Å²) in [5, 5.41) is 3.34. The van der Waals surface area contributed by atoms with Gasteiger partial charge in [0.1, 0.15) is 16.5 Å². The van der Waals surface area contributed by atoms with Crippen LogP contribution in [-0.2, 0) is 0 Å². The van der Waals surface area contributed by atoms with E-state index in [-0.39, 0.29) is 4.99 Å². The highest BCUT2D eigenvalue weighted by molar-refractivity contribution is 7.80. The zero-order valence-corrected chi connectivity index (χ0v) is 11.4. The van der Waals surface area contributed by atoms with Gasteiger partial charge in [-0.05, 0) is 32.9 Å². The first kappa shape index (κ1) is 13.2. The second kappa shape index (κ2) is 6.06. The fraction of sp³-hybridized carbons (Fsp3) is 0.583. The summed E-state index contributed by atoms with van der Waals surface area (Å²) in [6.07, 6.45) is 5.91. The third-order valence-corrected chi connectivity index (χ3v) is 3.24. The Kier molecular flexibility index (Phi) is 4.43. The largest absolute Gasteiger partial charge is 0.388 e. The summed E-state index contributed by atoms with van der Waals surface area (Å²) < 4.78 is 0. The van der Waals surface area contributed by atoms with E-state index in [1.165, 1.54) is 25.9 Å². The maximum atomic E-state index is 5.48. The lowest BCUT2D eigenvalue weighted by molar-refractivity contribution is 0.327. The van der Waals surface area contributed by atoms with Gasteiger partial charge in [-0.3, -0.25) is 0 Å². The average Bonchev–Trinajstić information content (AvgIpc) is 2.82. The van der Waals surface area contributed by atoms with Gasteiger partial charge in [-0.25, -0.2) is 9.97 Å². The van der Waals surface area contributed by atoms with Gasteiger partial charge in [0, 0.05) is 12.6 Å². The van der Waals surface area contributed by atoms with Crippen molar-refractivity contribution in [1.29, 1.82) is 0 Å². The molecule has 0 amide bonds. The van der Waals surface area contributed by atoms with E-state index in [4.69, 9.17) is 18.0 Å². The second-order valence-corrected chi connectivity index (χ2v) is 5.14. The fourth-order valence-corrected chi connectivity index (χ4v) is 2.29. The number of hydrogen-bond acceptors (Lipinski definition) is 5. The summed E-state index contributed by atoms with van der Waals surface area (Å²) in [7, 11) is 0. The highest BCUT2D eigenvalue weighted by Crippen LogP contribution is 2.10. The van der Waals surface area contributed by atoms with Gasteiger partial charge in [0.15, 0.2) is 0 Å². The molecular formula is C12H19N5S. The van der Waals surface area contributed by atoms with Crippen LogP contribution in [0.1, 0.15) is 25.5 Å². The van der Waals surface area contributed by atoms with E-state index < -0.39 is 0 Å². The van der Waals surface area contributed by atoms with E-state index in [0.717, 1.165) is 12.4 Å². The average molecular weight is 265 g/mol. The first-order valence-corrected chi connectivity index (χ1v) is 6.66. The Morgan fingerprint density at radius 3 is 2.72 bits per heavy atom. The zero-order valence-electron chi connectivity index (χ0n) is 10.6. The van der Waals surface area contributed by atoms with Gasteiger partial charge in [0.05, 0.1) is 12.4 Å². The maximum absolute atomic E-state index is 5.48. The lowest BCUT2D eigenvalue weighted by Gasteiger charge is -2.21. The highest BCUT2D eigenvalue weighted by atomic mass is 32.1. The van der Waals surface area contributed by atoms with Gasteiger partial charge in [0.25, 0.3) is 0 Å². The van der Waals surface area contributed by atoms with Crippen LogP contribution in [0.2, 0.25) is 0 Å². The predicted octanol–water partition coefficient (Wildman–Crippen LogP) is 1.01. The van der Waals surface area contributed by atoms with Gasteiger partial charge < -0.3 is 16.0 Å². The summed E-state index contributed by atoms with van der Waals surface area (Å²) in [5.74, 6) is 0.765. The van der Waals surface area contributed by atoms with Crippen molar-refractivity contribution in [3.8, 4) is 0 Å². The molecular weight excluding hydrogens is 246 g/mol. The van der Waals surface area contributed by atoms with E-state index in [0.29, 0.717) is 11.7 Å². The minimum atomic E-state index is 0.277. The van der Waals surface area contributed by atoms with E-state index in [2.05, 4.69) is 27.1 Å². The molecule has 0 spiro atoms. The smallest absolute Gasteiger partial charge is 0.144 e. The van der Waals surface area contributed by atoms with E-state index in [1.807, 2.05) is 0 Å². The van der Waals surface area contributed by atoms with Crippen molar-refractivity contribution >= 4 is 23.0 Å². The minimum Gasteiger partial charge on any atom is -0.388 e. The molecule has 1 fully saturated rings. The normalized spacial score (nSPS) is 17.6. The molecule has 0 saturated carbocycles. The van der Waals surface area contributed by atoms with Crippen molar-refractivity contribution in [2.24, 2.45) is 5.73 Å². The lowest BCUT2D eigenvalue weighted by atomic mass is 10.3. The van der Waals surface area contributed by atoms with Crippen molar-refractivity contribution in [1.82, 2.24) is 14.9 Å². The van der Waals surface area contributed by atoms with Crippen LogP contribution in [0.4, 0.5) is 5.82 Å². The summed E-state index contributed by atoms with van der Waals surface area (Å²) >= 11 is 4.84. The fourth-order valence-electron chi connectivity index (χ4n) is 2.18. The van der Waals surface area contributed by atoms with Crippen molar-refractivity contribution in [2.45, 2.75) is 25.8 Å². The molecule has 0 aliphatic carbocycles. The molecule has 5 nitrogen and oxygen atoms in total. The molecule has 1 unspecified atom stereocenters. The Hall–Kier alpha value is -1.27. The second-order valence-electron chi connectivity index (χ2n) is 4.70. The molecule has 1 aromatic rings. The van der Waals surface area contributed by atoms with Crippen LogP contribution >= 0.6 is 12.2 Å². The molecule has 1 aliphatic heterocycles. The molecule has 2 rings (SSSR count). The first-order valence-electron chi connectivity index (χ1n) is 6.26. The SMILES string of the molecule is CC(CN1CCCC1)Nc1cnc(C(N)=S)cn1. The molecule has 1 saturated heterocycles. The molecule has 18 heavy (non-hydrogen) atoms. The molecule has 2 heterocycles. The molecule has 0 bridgehead atoms. The van der Waals surface area contributed by atoms with Gasteiger partial charge in [0.2, 0.25) is 0 Å². The van der Waals surface area contributed by atoms with Crippen molar-refractivity contribution < 1.29 is 0 Å². The van der Waals surface area contributed by atoms with Gasteiger partial charge >= 0.3 is 0 Å². The van der Waals surface area contributed by atoms with E-state index in [9.17, 15) is 0 Å². The van der Waals surface area contributed by atoms with Crippen molar-refractivity contribution in [2.75, 3.05) is 25.0 Å². The number of anilines is 1. The highest BCUT2D eigenvalue weighted by Gasteiger charge is 2.14. The number of thiocarbonyl (C=S) groups is 1. The van der Waals surface area contributed by atoms with Gasteiger partial charge in [-0.1, -0.05) is 12.2 Å². The molecule has 1 aliphatic rings. The third kappa shape index (κ3) is 3.61. The summed E-state index contributed by atoms with van der Waals surface area (Å²) in [6.45, 7) is 5.61. The Morgan fingerprint density at radius 1 is 1.44 bits per heavy atom. The monoisotopic (exact) mass is 265 g/mol. The van der Waals surface area contributed by atoms with E-state index >= 15 is 0 Å². The molecule has 3 N–H and O–H groups in total. The summed E-state index contributed by atoms with van der Waals surface area (Å²) in [5.41, 5.74) is 6.03. The summed E-state index contributed by atoms with van der Waals surface area (Å²) in [6, 6.07) is 0.355. The van der Waals surface area contributed by atoms with Gasteiger partial charge in [-0.2, -0.15) is 0 Å². The number of likely N-dealkylation sites (tertiary alicyclic amines) is 1. The molecule has 0 radical (unpaired) electrons. The zero-order chi connectivity index (χ0) is 13.0. The Labute approximate surface area is 113 Å². The van der Waals surface area contributed by atoms with Crippen molar-refractivity contribution in [3.63, 3.8) is 0 Å². The first-order chi connectivity index (χ1) is 8.65. The number of nitrogens with one attached hydrogen (secondary N) is 1. The van der Waals surface area contributed by atoms with Gasteiger partial charge in [-0.15, -0.1) is 0 Å².